The Morgan fingerprint density at radius 2 is 1.65 bits per heavy atom. The van der Waals surface area contributed by atoms with Crippen molar-refractivity contribution in [2.24, 2.45) is 0 Å². The van der Waals surface area contributed by atoms with E-state index < -0.39 is 22.1 Å². The zero-order valence-electron chi connectivity index (χ0n) is 17.7. The second-order valence-electron chi connectivity index (χ2n) is 8.21. The van der Waals surface area contributed by atoms with Crippen molar-refractivity contribution in [2.45, 2.75) is 37.2 Å². The van der Waals surface area contributed by atoms with Crippen molar-refractivity contribution in [2.75, 3.05) is 26.2 Å². The van der Waals surface area contributed by atoms with E-state index >= 15 is 0 Å². The highest BCUT2D eigenvalue weighted by atomic mass is 32.2. The summed E-state index contributed by atoms with van der Waals surface area (Å²) in [7, 11) is -3.62. The van der Waals surface area contributed by atoms with Crippen LogP contribution in [0.5, 0.6) is 0 Å². The number of ether oxygens (including phenoxy) is 1. The van der Waals surface area contributed by atoms with Gasteiger partial charge in [0.05, 0.1) is 10.5 Å². The Balaban J connectivity index is 1.40. The van der Waals surface area contributed by atoms with Crippen LogP contribution >= 0.6 is 0 Å². The molecule has 0 aromatic heterocycles. The van der Waals surface area contributed by atoms with E-state index in [9.17, 15) is 18.0 Å². The third-order valence-corrected chi connectivity index (χ3v) is 7.82. The summed E-state index contributed by atoms with van der Waals surface area (Å²) >= 11 is 0. The normalized spacial score (nSPS) is 19.8. The van der Waals surface area contributed by atoms with Crippen molar-refractivity contribution in [1.82, 2.24) is 9.21 Å². The molecule has 0 unspecified atom stereocenters. The van der Waals surface area contributed by atoms with E-state index in [0.29, 0.717) is 17.9 Å². The lowest BCUT2D eigenvalue weighted by Crippen LogP contribution is -2.54. The van der Waals surface area contributed by atoms with Crippen LogP contribution in [0.3, 0.4) is 0 Å². The van der Waals surface area contributed by atoms with Gasteiger partial charge in [0.1, 0.15) is 0 Å². The lowest BCUT2D eigenvalue weighted by atomic mass is 9.98. The van der Waals surface area contributed by atoms with Crippen molar-refractivity contribution in [3.05, 3.63) is 65.2 Å². The second kappa shape index (κ2) is 8.43. The number of hydrogen-bond donors (Lipinski definition) is 0. The molecule has 2 aliphatic heterocycles. The van der Waals surface area contributed by atoms with E-state index in [0.717, 1.165) is 11.1 Å². The Hall–Kier alpha value is -2.71. The molecule has 1 atom stereocenters. The molecule has 2 aromatic rings. The molecular weight excluding hydrogens is 416 g/mol. The molecule has 0 aliphatic carbocycles. The Labute approximate surface area is 182 Å². The van der Waals surface area contributed by atoms with Gasteiger partial charge in [0, 0.05) is 32.6 Å². The summed E-state index contributed by atoms with van der Waals surface area (Å²) in [6.45, 7) is 5.05. The number of esters is 1. The summed E-state index contributed by atoms with van der Waals surface area (Å²) in [6, 6.07) is 14.1. The van der Waals surface area contributed by atoms with Crippen LogP contribution in [-0.4, -0.2) is 61.8 Å². The zero-order valence-corrected chi connectivity index (χ0v) is 18.5. The van der Waals surface area contributed by atoms with E-state index in [4.69, 9.17) is 4.74 Å². The van der Waals surface area contributed by atoms with Gasteiger partial charge >= 0.3 is 5.97 Å². The number of carbonyl (C=O) groups is 2. The summed E-state index contributed by atoms with van der Waals surface area (Å²) < 4.78 is 32.7. The first kappa shape index (κ1) is 21.5. The first-order valence-corrected chi connectivity index (χ1v) is 11.9. The number of sulfonamides is 1. The maximum absolute atomic E-state index is 13.0. The van der Waals surface area contributed by atoms with Gasteiger partial charge in [0.25, 0.3) is 5.91 Å². The van der Waals surface area contributed by atoms with E-state index in [1.807, 2.05) is 24.3 Å². The SMILES string of the molecule is CC(C)c1ccc(S(=O)(=O)N2CCN(C(=O)[C@H]3Cc4ccccc4C(=O)O3)CC2)cc1. The highest BCUT2D eigenvalue weighted by molar-refractivity contribution is 7.89. The Bertz CT molecular complexity index is 1090. The van der Waals surface area contributed by atoms with Crippen LogP contribution in [0.4, 0.5) is 0 Å². The van der Waals surface area contributed by atoms with Crippen LogP contribution in [-0.2, 0) is 26.0 Å². The molecule has 31 heavy (non-hydrogen) atoms. The predicted molar refractivity (Wildman–Crippen MR) is 115 cm³/mol. The van der Waals surface area contributed by atoms with Crippen LogP contribution in [0.15, 0.2) is 53.4 Å². The lowest BCUT2D eigenvalue weighted by Gasteiger charge is -2.36. The van der Waals surface area contributed by atoms with E-state index in [1.165, 1.54) is 4.31 Å². The van der Waals surface area contributed by atoms with Crippen molar-refractivity contribution in [1.29, 1.82) is 0 Å². The summed E-state index contributed by atoms with van der Waals surface area (Å²) in [4.78, 5) is 27.0. The minimum Gasteiger partial charge on any atom is -0.448 e. The predicted octanol–water partition coefficient (Wildman–Crippen LogP) is 2.42. The molecule has 8 heteroatoms. The van der Waals surface area contributed by atoms with E-state index in [-0.39, 0.29) is 37.0 Å². The molecule has 164 valence electrons. The van der Waals surface area contributed by atoms with Gasteiger partial charge in [-0.15, -0.1) is 0 Å². The van der Waals surface area contributed by atoms with Crippen LogP contribution in [0.25, 0.3) is 0 Å². The number of hydrogen-bond acceptors (Lipinski definition) is 5. The molecule has 7 nitrogen and oxygen atoms in total. The molecule has 4 rings (SSSR count). The summed E-state index contributed by atoms with van der Waals surface area (Å²) in [5, 5.41) is 0. The smallest absolute Gasteiger partial charge is 0.339 e. The first-order chi connectivity index (χ1) is 14.8. The third kappa shape index (κ3) is 4.22. The minimum absolute atomic E-state index is 0.206. The van der Waals surface area contributed by atoms with Crippen LogP contribution in [0.2, 0.25) is 0 Å². The van der Waals surface area contributed by atoms with Gasteiger partial charge in [0.15, 0.2) is 6.10 Å². The maximum atomic E-state index is 13.0. The molecule has 0 N–H and O–H groups in total. The number of benzene rings is 2. The Morgan fingerprint density at radius 3 is 2.29 bits per heavy atom. The molecule has 0 spiro atoms. The van der Waals surface area contributed by atoms with Gasteiger partial charge in [-0.05, 0) is 35.2 Å². The molecule has 1 fully saturated rings. The number of piperazine rings is 1. The molecular formula is C23H26N2O5S. The van der Waals surface area contributed by atoms with Crippen LogP contribution < -0.4 is 0 Å². The fourth-order valence-electron chi connectivity index (χ4n) is 4.00. The monoisotopic (exact) mass is 442 g/mol. The molecule has 0 saturated carbocycles. The Morgan fingerprint density at radius 1 is 1.00 bits per heavy atom. The number of carbonyl (C=O) groups excluding carboxylic acids is 2. The molecule has 2 aromatic carbocycles. The lowest BCUT2D eigenvalue weighted by molar-refractivity contribution is -0.142. The first-order valence-electron chi connectivity index (χ1n) is 10.4. The minimum atomic E-state index is -3.62. The second-order valence-corrected chi connectivity index (χ2v) is 10.1. The summed E-state index contributed by atoms with van der Waals surface area (Å²) in [6.07, 6.45) is -0.532. The van der Waals surface area contributed by atoms with Gasteiger partial charge in [-0.3, -0.25) is 4.79 Å². The number of rotatable bonds is 4. The van der Waals surface area contributed by atoms with E-state index in [1.54, 1.807) is 29.2 Å². The summed E-state index contributed by atoms with van der Waals surface area (Å²) in [5.41, 5.74) is 2.37. The highest BCUT2D eigenvalue weighted by Crippen LogP contribution is 2.24. The highest BCUT2D eigenvalue weighted by Gasteiger charge is 2.36. The van der Waals surface area contributed by atoms with Gasteiger partial charge in [-0.1, -0.05) is 44.2 Å². The zero-order chi connectivity index (χ0) is 22.2. The molecule has 2 aliphatic rings. The van der Waals surface area contributed by atoms with Crippen molar-refractivity contribution in [3.63, 3.8) is 0 Å². The average Bonchev–Trinajstić information content (AvgIpc) is 2.78. The molecule has 2 heterocycles. The standard InChI is InChI=1S/C23H26N2O5S/c1-16(2)17-7-9-19(10-8-17)31(28,29)25-13-11-24(12-14-25)22(26)21-15-18-5-3-4-6-20(18)23(27)30-21/h3-10,16,21H,11-15H2,1-2H3/t21-/m1/s1. The number of amides is 1. The van der Waals surface area contributed by atoms with E-state index in [2.05, 4.69) is 13.8 Å². The maximum Gasteiger partial charge on any atom is 0.339 e. The van der Waals surface area contributed by atoms with Gasteiger partial charge in [-0.2, -0.15) is 4.31 Å². The average molecular weight is 443 g/mol. The quantitative estimate of drug-likeness (QED) is 0.679. The molecule has 1 saturated heterocycles. The van der Waals surface area contributed by atoms with Gasteiger partial charge in [-0.25, -0.2) is 13.2 Å². The number of fused-ring (bicyclic) bond motifs is 1. The fourth-order valence-corrected chi connectivity index (χ4v) is 5.42. The third-order valence-electron chi connectivity index (χ3n) is 5.90. The van der Waals surface area contributed by atoms with Crippen LogP contribution in [0, 0.1) is 0 Å². The van der Waals surface area contributed by atoms with Crippen molar-refractivity contribution >= 4 is 21.9 Å². The summed E-state index contributed by atoms with van der Waals surface area (Å²) in [5.74, 6) is -0.445. The Kier molecular flexibility index (Phi) is 5.85. The van der Waals surface area contributed by atoms with Crippen molar-refractivity contribution < 1.29 is 22.7 Å². The van der Waals surface area contributed by atoms with Crippen molar-refractivity contribution in [3.8, 4) is 0 Å². The molecule has 0 bridgehead atoms. The fraction of sp³-hybridized carbons (Fsp3) is 0.391. The van der Waals surface area contributed by atoms with Gasteiger partial charge in [0.2, 0.25) is 10.0 Å². The largest absolute Gasteiger partial charge is 0.448 e. The number of nitrogens with zero attached hydrogens (tertiary/aromatic N) is 2. The number of cyclic esters (lactones) is 1. The topological polar surface area (TPSA) is 84.0 Å². The van der Waals surface area contributed by atoms with Gasteiger partial charge < -0.3 is 9.64 Å². The van der Waals surface area contributed by atoms with Crippen LogP contribution in [0.1, 0.15) is 41.3 Å². The molecule has 0 radical (unpaired) electrons. The molecule has 1 amide bonds.